The second kappa shape index (κ2) is 4.18. The van der Waals surface area contributed by atoms with E-state index < -0.39 is 0 Å². The van der Waals surface area contributed by atoms with Crippen LogP contribution in [-0.4, -0.2) is 16.5 Å². The van der Waals surface area contributed by atoms with E-state index in [1.807, 2.05) is 6.92 Å². The number of hydrogen-bond acceptors (Lipinski definition) is 4. The molecule has 0 fully saturated rings. The Morgan fingerprint density at radius 1 is 1.82 bits per heavy atom. The predicted molar refractivity (Wildman–Crippen MR) is 42.5 cm³/mol. The molecule has 0 radical (unpaired) electrons. The Hall–Kier alpha value is -0.770. The van der Waals surface area contributed by atoms with Crippen LogP contribution < -0.4 is 0 Å². The number of rotatable bonds is 4. The maximum absolute atomic E-state index is 10.8. The Morgan fingerprint density at radius 3 is 3.18 bits per heavy atom. The molecule has 0 amide bonds. The van der Waals surface area contributed by atoms with Crippen LogP contribution in [-0.2, 0) is 4.79 Å². The lowest BCUT2D eigenvalue weighted by molar-refractivity contribution is -0.116. The molecular formula is C7H9NO2S. The summed E-state index contributed by atoms with van der Waals surface area (Å²) in [5.41, 5.74) is 0. The van der Waals surface area contributed by atoms with E-state index in [0.717, 1.165) is 0 Å². The maximum atomic E-state index is 10.8. The topological polar surface area (TPSA) is 43.1 Å². The first-order chi connectivity index (χ1) is 5.33. The SMILES string of the molecule is CCC(=O)CSc1ncco1. The van der Waals surface area contributed by atoms with Crippen molar-refractivity contribution in [3.63, 3.8) is 0 Å². The molecule has 1 aromatic heterocycles. The van der Waals surface area contributed by atoms with Gasteiger partial charge in [-0.2, -0.15) is 0 Å². The molecule has 0 saturated carbocycles. The summed E-state index contributed by atoms with van der Waals surface area (Å²) in [4.78, 5) is 14.7. The van der Waals surface area contributed by atoms with E-state index in [1.54, 1.807) is 6.20 Å². The summed E-state index contributed by atoms with van der Waals surface area (Å²) in [6, 6.07) is 0. The molecule has 0 aliphatic rings. The van der Waals surface area contributed by atoms with Gasteiger partial charge in [0, 0.05) is 6.42 Å². The predicted octanol–water partition coefficient (Wildman–Crippen LogP) is 1.75. The van der Waals surface area contributed by atoms with Gasteiger partial charge in [0.15, 0.2) is 0 Å². The van der Waals surface area contributed by atoms with Gasteiger partial charge in [-0.1, -0.05) is 18.7 Å². The first-order valence-corrected chi connectivity index (χ1v) is 4.35. The Morgan fingerprint density at radius 2 is 2.64 bits per heavy atom. The van der Waals surface area contributed by atoms with Gasteiger partial charge in [-0.25, -0.2) is 4.98 Å². The fourth-order valence-corrected chi connectivity index (χ4v) is 1.27. The summed E-state index contributed by atoms with van der Waals surface area (Å²) in [5, 5.41) is 0.562. The van der Waals surface area contributed by atoms with Crippen molar-refractivity contribution in [2.45, 2.75) is 18.6 Å². The Bertz CT molecular complexity index is 220. The average Bonchev–Trinajstić information content (AvgIpc) is 2.52. The van der Waals surface area contributed by atoms with E-state index in [2.05, 4.69) is 4.98 Å². The highest BCUT2D eigenvalue weighted by atomic mass is 32.2. The number of aromatic nitrogens is 1. The monoisotopic (exact) mass is 171 g/mol. The first-order valence-electron chi connectivity index (χ1n) is 3.37. The number of carbonyl (C=O) groups excluding carboxylic acids is 1. The molecule has 3 nitrogen and oxygen atoms in total. The highest BCUT2D eigenvalue weighted by Gasteiger charge is 2.02. The van der Waals surface area contributed by atoms with Gasteiger partial charge >= 0.3 is 0 Å². The quantitative estimate of drug-likeness (QED) is 0.647. The number of oxazole rings is 1. The molecule has 0 bridgehead atoms. The average molecular weight is 171 g/mol. The summed E-state index contributed by atoms with van der Waals surface area (Å²) in [6.45, 7) is 1.85. The van der Waals surface area contributed by atoms with E-state index in [9.17, 15) is 4.79 Å². The normalized spacial score (nSPS) is 9.91. The largest absolute Gasteiger partial charge is 0.440 e. The number of nitrogens with zero attached hydrogens (tertiary/aromatic N) is 1. The zero-order chi connectivity index (χ0) is 8.10. The van der Waals surface area contributed by atoms with Gasteiger partial charge in [-0.3, -0.25) is 4.79 Å². The van der Waals surface area contributed by atoms with Crippen molar-refractivity contribution >= 4 is 17.5 Å². The van der Waals surface area contributed by atoms with Crippen molar-refractivity contribution in [3.05, 3.63) is 12.5 Å². The molecule has 1 aromatic rings. The highest BCUT2D eigenvalue weighted by molar-refractivity contribution is 7.99. The minimum Gasteiger partial charge on any atom is -0.440 e. The molecule has 4 heteroatoms. The summed E-state index contributed by atoms with van der Waals surface area (Å²) in [5.74, 6) is 0.671. The molecule has 60 valence electrons. The van der Waals surface area contributed by atoms with Crippen LogP contribution in [0.2, 0.25) is 0 Å². The van der Waals surface area contributed by atoms with Crippen LogP contribution in [0.5, 0.6) is 0 Å². The molecular weight excluding hydrogens is 162 g/mol. The lowest BCUT2D eigenvalue weighted by Gasteiger charge is -1.91. The lowest BCUT2D eigenvalue weighted by Crippen LogP contribution is -1.97. The molecule has 0 aromatic carbocycles. The summed E-state index contributed by atoms with van der Waals surface area (Å²) in [6.07, 6.45) is 3.64. The third-order valence-electron chi connectivity index (χ3n) is 1.16. The van der Waals surface area contributed by atoms with E-state index in [4.69, 9.17) is 4.42 Å². The molecule has 0 saturated heterocycles. The fourth-order valence-electron chi connectivity index (χ4n) is 0.526. The molecule has 0 N–H and O–H groups in total. The van der Waals surface area contributed by atoms with E-state index in [1.165, 1.54) is 18.0 Å². The van der Waals surface area contributed by atoms with Crippen LogP contribution in [0.15, 0.2) is 22.1 Å². The number of Topliss-reactive ketones (excluding diaryl/α,β-unsaturated/α-hetero) is 1. The molecule has 0 spiro atoms. The second-order valence-electron chi connectivity index (χ2n) is 1.98. The van der Waals surface area contributed by atoms with Gasteiger partial charge in [-0.15, -0.1) is 0 Å². The van der Waals surface area contributed by atoms with Crippen molar-refractivity contribution < 1.29 is 9.21 Å². The molecule has 0 aliphatic heterocycles. The second-order valence-corrected chi connectivity index (χ2v) is 2.91. The van der Waals surface area contributed by atoms with E-state index >= 15 is 0 Å². The van der Waals surface area contributed by atoms with Crippen molar-refractivity contribution in [3.8, 4) is 0 Å². The number of carbonyl (C=O) groups is 1. The van der Waals surface area contributed by atoms with Crippen molar-refractivity contribution in [1.29, 1.82) is 0 Å². The zero-order valence-corrected chi connectivity index (χ0v) is 7.06. The van der Waals surface area contributed by atoms with Crippen LogP contribution in [0, 0.1) is 0 Å². The van der Waals surface area contributed by atoms with E-state index in [-0.39, 0.29) is 5.78 Å². The third-order valence-corrected chi connectivity index (χ3v) is 2.08. The van der Waals surface area contributed by atoms with Gasteiger partial charge in [0.2, 0.25) is 0 Å². The Labute approximate surface area is 69.2 Å². The number of ketones is 1. The summed E-state index contributed by atoms with van der Waals surface area (Å²) < 4.78 is 4.93. The molecule has 0 aliphatic carbocycles. The van der Waals surface area contributed by atoms with Crippen LogP contribution in [0.1, 0.15) is 13.3 Å². The number of hydrogen-bond donors (Lipinski definition) is 0. The smallest absolute Gasteiger partial charge is 0.255 e. The van der Waals surface area contributed by atoms with Crippen LogP contribution >= 0.6 is 11.8 Å². The Kier molecular flexibility index (Phi) is 3.16. The van der Waals surface area contributed by atoms with Crippen LogP contribution in [0.3, 0.4) is 0 Å². The van der Waals surface area contributed by atoms with Crippen molar-refractivity contribution in [2.24, 2.45) is 0 Å². The zero-order valence-electron chi connectivity index (χ0n) is 6.24. The highest BCUT2D eigenvalue weighted by Crippen LogP contribution is 2.14. The molecule has 0 atom stereocenters. The lowest BCUT2D eigenvalue weighted by atomic mass is 10.4. The number of thioether (sulfide) groups is 1. The van der Waals surface area contributed by atoms with Gasteiger partial charge < -0.3 is 4.42 Å². The van der Waals surface area contributed by atoms with Gasteiger partial charge in [-0.05, 0) is 0 Å². The third kappa shape index (κ3) is 2.76. The molecule has 0 unspecified atom stereocenters. The van der Waals surface area contributed by atoms with Gasteiger partial charge in [0.05, 0.1) is 11.9 Å². The van der Waals surface area contributed by atoms with Crippen LogP contribution in [0.25, 0.3) is 0 Å². The van der Waals surface area contributed by atoms with E-state index in [0.29, 0.717) is 17.4 Å². The maximum Gasteiger partial charge on any atom is 0.255 e. The van der Waals surface area contributed by atoms with Crippen molar-refractivity contribution in [2.75, 3.05) is 5.75 Å². The minimum absolute atomic E-state index is 0.216. The standard InChI is InChI=1S/C7H9NO2S/c1-2-6(9)5-11-7-8-3-4-10-7/h3-4H,2,5H2,1H3. The minimum atomic E-state index is 0.216. The molecule has 1 heterocycles. The summed E-state index contributed by atoms with van der Waals surface area (Å²) in [7, 11) is 0. The van der Waals surface area contributed by atoms with Crippen molar-refractivity contribution in [1.82, 2.24) is 4.98 Å². The Balaban J connectivity index is 2.29. The summed E-state index contributed by atoms with van der Waals surface area (Å²) >= 11 is 1.33. The van der Waals surface area contributed by atoms with Gasteiger partial charge in [0.1, 0.15) is 12.0 Å². The first kappa shape index (κ1) is 8.33. The van der Waals surface area contributed by atoms with Crippen LogP contribution in [0.4, 0.5) is 0 Å². The molecule has 1 rings (SSSR count). The van der Waals surface area contributed by atoms with Gasteiger partial charge in [0.25, 0.3) is 5.22 Å². The fraction of sp³-hybridized carbons (Fsp3) is 0.429. The molecule has 11 heavy (non-hydrogen) atoms.